The van der Waals surface area contributed by atoms with Gasteiger partial charge in [0.1, 0.15) is 0 Å². The molecule has 1 aromatic rings. The molecule has 0 saturated carbocycles. The van der Waals surface area contributed by atoms with Crippen molar-refractivity contribution in [3.63, 3.8) is 0 Å². The fraction of sp³-hybridized carbons (Fsp3) is 0.667. The van der Waals surface area contributed by atoms with E-state index in [0.717, 1.165) is 12.5 Å². The fourth-order valence-corrected chi connectivity index (χ4v) is 3.32. The summed E-state index contributed by atoms with van der Waals surface area (Å²) in [5.41, 5.74) is 1.47. The Bertz CT molecular complexity index is 366. The molecule has 1 aromatic carbocycles. The normalized spacial score (nSPS) is 21.9. The molecule has 1 aliphatic heterocycles. The third-order valence-electron chi connectivity index (χ3n) is 4.49. The summed E-state index contributed by atoms with van der Waals surface area (Å²) in [6, 6.07) is 12.3. The second-order valence-corrected chi connectivity index (χ2v) is 6.56. The van der Waals surface area contributed by atoms with Gasteiger partial charge in [-0.05, 0) is 57.3 Å². The Morgan fingerprint density at radius 2 is 1.90 bits per heavy atom. The number of rotatable bonds is 5. The molecule has 1 aliphatic rings. The van der Waals surface area contributed by atoms with Crippen molar-refractivity contribution in [3.8, 4) is 0 Å². The van der Waals surface area contributed by atoms with Crippen molar-refractivity contribution >= 4 is 0 Å². The first kappa shape index (κ1) is 15.5. The standard InChI is InChI=1S/C18H30N2/c1-15(2)14-18(16-8-5-4-6-9-16)20(3)17-10-7-12-19-13-11-17/h4-6,8-9,15,17-19H,7,10-14H2,1-3H3. The van der Waals surface area contributed by atoms with Crippen LogP contribution in [-0.2, 0) is 0 Å². The lowest BCUT2D eigenvalue weighted by Gasteiger charge is -2.36. The average Bonchev–Trinajstić information content (AvgIpc) is 2.74. The number of nitrogens with one attached hydrogen (secondary N) is 1. The molecule has 20 heavy (non-hydrogen) atoms. The van der Waals surface area contributed by atoms with Crippen LogP contribution in [0.25, 0.3) is 0 Å². The van der Waals surface area contributed by atoms with Crippen LogP contribution in [0.2, 0.25) is 0 Å². The van der Waals surface area contributed by atoms with E-state index in [1.807, 2.05) is 0 Å². The van der Waals surface area contributed by atoms with Gasteiger partial charge in [0.05, 0.1) is 0 Å². The molecular weight excluding hydrogens is 244 g/mol. The maximum absolute atomic E-state index is 3.52. The monoisotopic (exact) mass is 274 g/mol. The largest absolute Gasteiger partial charge is 0.317 e. The lowest BCUT2D eigenvalue weighted by atomic mass is 9.93. The first-order chi connectivity index (χ1) is 9.68. The lowest BCUT2D eigenvalue weighted by Crippen LogP contribution is -2.36. The highest BCUT2D eigenvalue weighted by molar-refractivity contribution is 5.19. The van der Waals surface area contributed by atoms with Gasteiger partial charge in [0.15, 0.2) is 0 Å². The molecular formula is C18H30N2. The Balaban J connectivity index is 2.12. The average molecular weight is 274 g/mol. The minimum absolute atomic E-state index is 0.555. The van der Waals surface area contributed by atoms with Crippen LogP contribution in [0.5, 0.6) is 0 Å². The van der Waals surface area contributed by atoms with Crippen LogP contribution in [0.4, 0.5) is 0 Å². The molecule has 0 spiro atoms. The summed E-state index contributed by atoms with van der Waals surface area (Å²) in [4.78, 5) is 2.64. The van der Waals surface area contributed by atoms with Gasteiger partial charge in [-0.1, -0.05) is 44.2 Å². The molecule has 0 aliphatic carbocycles. The Morgan fingerprint density at radius 3 is 2.60 bits per heavy atom. The molecule has 0 bridgehead atoms. The predicted molar refractivity (Wildman–Crippen MR) is 86.9 cm³/mol. The van der Waals surface area contributed by atoms with Crippen molar-refractivity contribution in [1.29, 1.82) is 0 Å². The molecule has 2 nitrogen and oxygen atoms in total. The van der Waals surface area contributed by atoms with Gasteiger partial charge < -0.3 is 5.32 Å². The van der Waals surface area contributed by atoms with Gasteiger partial charge in [0.25, 0.3) is 0 Å². The predicted octanol–water partition coefficient (Wildman–Crippen LogP) is 3.85. The highest BCUT2D eigenvalue weighted by Gasteiger charge is 2.25. The highest BCUT2D eigenvalue weighted by Crippen LogP contribution is 2.30. The van der Waals surface area contributed by atoms with E-state index in [2.05, 4.69) is 61.4 Å². The van der Waals surface area contributed by atoms with Crippen LogP contribution in [0.1, 0.15) is 51.1 Å². The highest BCUT2D eigenvalue weighted by atomic mass is 15.2. The second kappa shape index (κ2) is 7.80. The summed E-state index contributed by atoms with van der Waals surface area (Å²) in [6.45, 7) is 7.01. The summed E-state index contributed by atoms with van der Waals surface area (Å²) in [6.07, 6.45) is 5.14. The molecule has 2 atom stereocenters. The molecule has 0 radical (unpaired) electrons. The van der Waals surface area contributed by atoms with Gasteiger partial charge in [-0.25, -0.2) is 0 Å². The van der Waals surface area contributed by atoms with Crippen molar-refractivity contribution in [2.75, 3.05) is 20.1 Å². The zero-order valence-electron chi connectivity index (χ0n) is 13.3. The van der Waals surface area contributed by atoms with E-state index in [-0.39, 0.29) is 0 Å². The Labute approximate surface area is 124 Å². The first-order valence-electron chi connectivity index (χ1n) is 8.16. The van der Waals surface area contributed by atoms with Crippen LogP contribution in [0.15, 0.2) is 30.3 Å². The van der Waals surface area contributed by atoms with Gasteiger partial charge in [-0.15, -0.1) is 0 Å². The molecule has 1 heterocycles. The van der Waals surface area contributed by atoms with Crippen LogP contribution >= 0.6 is 0 Å². The van der Waals surface area contributed by atoms with Crippen molar-refractivity contribution in [1.82, 2.24) is 10.2 Å². The van der Waals surface area contributed by atoms with Crippen molar-refractivity contribution in [2.45, 2.75) is 51.6 Å². The van der Waals surface area contributed by atoms with E-state index >= 15 is 0 Å². The first-order valence-corrected chi connectivity index (χ1v) is 8.16. The number of benzene rings is 1. The van der Waals surface area contributed by atoms with Crippen LogP contribution in [0, 0.1) is 5.92 Å². The maximum atomic E-state index is 3.52. The Morgan fingerprint density at radius 1 is 1.15 bits per heavy atom. The van der Waals surface area contributed by atoms with E-state index in [1.165, 1.54) is 37.8 Å². The van der Waals surface area contributed by atoms with Crippen LogP contribution < -0.4 is 5.32 Å². The van der Waals surface area contributed by atoms with E-state index in [4.69, 9.17) is 0 Å². The molecule has 2 heteroatoms. The molecule has 2 unspecified atom stereocenters. The van der Waals surface area contributed by atoms with Crippen LogP contribution in [-0.4, -0.2) is 31.1 Å². The summed E-state index contributed by atoms with van der Waals surface area (Å²) >= 11 is 0. The minimum atomic E-state index is 0.555. The van der Waals surface area contributed by atoms with Gasteiger partial charge in [-0.3, -0.25) is 4.90 Å². The molecule has 1 N–H and O–H groups in total. The smallest absolute Gasteiger partial charge is 0.0350 e. The fourth-order valence-electron chi connectivity index (χ4n) is 3.32. The van der Waals surface area contributed by atoms with Crippen molar-refractivity contribution in [2.24, 2.45) is 5.92 Å². The summed E-state index contributed by atoms with van der Waals surface area (Å²) in [5, 5.41) is 3.52. The van der Waals surface area contributed by atoms with Gasteiger partial charge >= 0.3 is 0 Å². The molecule has 0 aromatic heterocycles. The maximum Gasteiger partial charge on any atom is 0.0350 e. The number of hydrogen-bond donors (Lipinski definition) is 1. The van der Waals surface area contributed by atoms with Gasteiger partial charge in [0, 0.05) is 12.1 Å². The Kier molecular flexibility index (Phi) is 6.06. The van der Waals surface area contributed by atoms with Gasteiger partial charge in [-0.2, -0.15) is 0 Å². The molecule has 0 amide bonds. The number of nitrogens with zero attached hydrogens (tertiary/aromatic N) is 1. The topological polar surface area (TPSA) is 15.3 Å². The second-order valence-electron chi connectivity index (χ2n) is 6.56. The summed E-state index contributed by atoms with van der Waals surface area (Å²) in [7, 11) is 2.33. The van der Waals surface area contributed by atoms with Crippen LogP contribution in [0.3, 0.4) is 0 Å². The minimum Gasteiger partial charge on any atom is -0.317 e. The van der Waals surface area contributed by atoms with Gasteiger partial charge in [0.2, 0.25) is 0 Å². The lowest BCUT2D eigenvalue weighted by molar-refractivity contribution is 0.142. The summed E-state index contributed by atoms with van der Waals surface area (Å²) < 4.78 is 0. The van der Waals surface area contributed by atoms with Crippen molar-refractivity contribution in [3.05, 3.63) is 35.9 Å². The quantitative estimate of drug-likeness (QED) is 0.877. The molecule has 2 rings (SSSR count). The van der Waals surface area contributed by atoms with E-state index < -0.39 is 0 Å². The third-order valence-corrected chi connectivity index (χ3v) is 4.49. The van der Waals surface area contributed by atoms with E-state index in [0.29, 0.717) is 12.1 Å². The Hall–Kier alpha value is -0.860. The number of hydrogen-bond acceptors (Lipinski definition) is 2. The van der Waals surface area contributed by atoms with Crippen molar-refractivity contribution < 1.29 is 0 Å². The zero-order chi connectivity index (χ0) is 14.4. The summed E-state index contributed by atoms with van der Waals surface area (Å²) in [5.74, 6) is 0.728. The zero-order valence-corrected chi connectivity index (χ0v) is 13.3. The third kappa shape index (κ3) is 4.32. The van der Waals surface area contributed by atoms with E-state index in [1.54, 1.807) is 0 Å². The molecule has 1 saturated heterocycles. The molecule has 1 fully saturated rings. The SMILES string of the molecule is CC(C)CC(c1ccccc1)N(C)C1CCCNCC1. The molecule has 112 valence electrons. The van der Waals surface area contributed by atoms with E-state index in [9.17, 15) is 0 Å².